The molecular weight excluding hydrogens is 305 g/mol. The van der Waals surface area contributed by atoms with Crippen LogP contribution < -0.4 is 9.47 Å². The number of halogens is 3. The molecule has 0 fully saturated rings. The number of benzene rings is 1. The van der Waals surface area contributed by atoms with Crippen LogP contribution in [0.25, 0.3) is 4.98 Å². The van der Waals surface area contributed by atoms with E-state index in [1.54, 1.807) is 25.3 Å². The molecule has 0 saturated heterocycles. The molecule has 0 aliphatic rings. The summed E-state index contributed by atoms with van der Waals surface area (Å²) in [5.41, 5.74) is -5.26. The molecule has 20 heavy (non-hydrogen) atoms. The van der Waals surface area contributed by atoms with Crippen molar-refractivity contribution < 1.29 is 35.6 Å². The lowest BCUT2D eigenvalue weighted by atomic mass is 10.3. The second-order valence-corrected chi connectivity index (χ2v) is 4.41. The van der Waals surface area contributed by atoms with Gasteiger partial charge < -0.3 is 14.0 Å². The van der Waals surface area contributed by atoms with E-state index in [-0.39, 0.29) is 0 Å². The van der Waals surface area contributed by atoms with E-state index >= 15 is 0 Å². The summed E-state index contributed by atoms with van der Waals surface area (Å²) in [7, 11) is -3.03. The van der Waals surface area contributed by atoms with E-state index in [2.05, 4.69) is 4.98 Å². The Balaban J connectivity index is 0.000000396. The number of ether oxygens (including phenoxy) is 2. The minimum Gasteiger partial charge on any atom is -0.741 e. The van der Waals surface area contributed by atoms with Crippen molar-refractivity contribution in [1.82, 2.24) is 0 Å². The summed E-state index contributed by atoms with van der Waals surface area (Å²) in [4.78, 5) is 3.04. The summed E-state index contributed by atoms with van der Waals surface area (Å²) in [6, 6.07) is 4.95. The Morgan fingerprint density at radius 3 is 2.05 bits per heavy atom. The molecule has 0 aromatic heterocycles. The minimum atomic E-state index is -6.09. The molecule has 7 nitrogen and oxygen atoms in total. The first-order valence-electron chi connectivity index (χ1n) is 4.66. The van der Waals surface area contributed by atoms with Crippen LogP contribution in [0, 0.1) is 5.39 Å². The van der Waals surface area contributed by atoms with Crippen LogP contribution in [0.4, 0.5) is 18.9 Å². The van der Waals surface area contributed by atoms with Crippen molar-refractivity contribution in [1.29, 1.82) is 5.39 Å². The van der Waals surface area contributed by atoms with Crippen LogP contribution in [-0.4, -0.2) is 32.7 Å². The first kappa shape index (κ1) is 17.9. The smallest absolute Gasteiger partial charge is 0.485 e. The zero-order chi connectivity index (χ0) is 16.0. The van der Waals surface area contributed by atoms with Crippen molar-refractivity contribution in [3.8, 4) is 11.5 Å². The summed E-state index contributed by atoms with van der Waals surface area (Å²) in [5, 5.41) is 8.52. The average Bonchev–Trinajstić information content (AvgIpc) is 2.36. The molecule has 0 saturated carbocycles. The van der Waals surface area contributed by atoms with Gasteiger partial charge in [-0.1, -0.05) is 0 Å². The largest absolute Gasteiger partial charge is 0.741 e. The van der Waals surface area contributed by atoms with Crippen LogP contribution in [0.1, 0.15) is 0 Å². The van der Waals surface area contributed by atoms with E-state index < -0.39 is 15.6 Å². The Morgan fingerprint density at radius 2 is 1.75 bits per heavy atom. The molecule has 0 spiro atoms. The van der Waals surface area contributed by atoms with Gasteiger partial charge in [0.1, 0.15) is 5.75 Å². The maximum atomic E-state index is 10.7. The molecule has 0 atom stereocenters. The molecule has 1 aromatic rings. The Hall–Kier alpha value is -2.06. The lowest BCUT2D eigenvalue weighted by molar-refractivity contribution is -0.0517. The highest BCUT2D eigenvalue weighted by atomic mass is 32.2. The van der Waals surface area contributed by atoms with Crippen LogP contribution in [0.3, 0.4) is 0 Å². The first-order valence-corrected chi connectivity index (χ1v) is 6.07. The van der Waals surface area contributed by atoms with Crippen molar-refractivity contribution in [2.45, 2.75) is 5.51 Å². The summed E-state index contributed by atoms with van der Waals surface area (Å²) in [6.45, 7) is 0. The van der Waals surface area contributed by atoms with E-state index in [4.69, 9.17) is 27.8 Å². The van der Waals surface area contributed by atoms with Gasteiger partial charge in [0.05, 0.1) is 14.2 Å². The fourth-order valence-corrected chi connectivity index (χ4v) is 0.868. The van der Waals surface area contributed by atoms with Crippen LogP contribution in [0.2, 0.25) is 0 Å². The van der Waals surface area contributed by atoms with Crippen molar-refractivity contribution in [3.63, 3.8) is 0 Å². The molecule has 0 aliphatic heterocycles. The van der Waals surface area contributed by atoms with E-state index in [9.17, 15) is 13.2 Å². The van der Waals surface area contributed by atoms with Crippen LogP contribution >= 0.6 is 0 Å². The topological polar surface area (TPSA) is 104 Å². The van der Waals surface area contributed by atoms with E-state index in [0.29, 0.717) is 17.2 Å². The van der Waals surface area contributed by atoms with Crippen molar-refractivity contribution >= 4 is 15.8 Å². The highest BCUT2D eigenvalue weighted by Gasteiger charge is 2.36. The van der Waals surface area contributed by atoms with E-state index in [1.165, 1.54) is 7.11 Å². The molecule has 0 heterocycles. The van der Waals surface area contributed by atoms with Gasteiger partial charge in [-0.25, -0.2) is 8.42 Å². The molecule has 0 aliphatic carbocycles. The first-order chi connectivity index (χ1) is 9.06. The molecule has 0 amide bonds. The third kappa shape index (κ3) is 5.29. The Morgan fingerprint density at radius 1 is 1.25 bits per heavy atom. The highest BCUT2D eigenvalue weighted by molar-refractivity contribution is 7.86. The normalized spacial score (nSPS) is 10.8. The van der Waals surface area contributed by atoms with E-state index in [1.807, 2.05) is 0 Å². The summed E-state index contributed by atoms with van der Waals surface area (Å²) < 4.78 is 68.8. The Kier molecular flexibility index (Phi) is 6.21. The van der Waals surface area contributed by atoms with Crippen molar-refractivity contribution in [2.24, 2.45) is 0 Å². The zero-order valence-electron chi connectivity index (χ0n) is 10.2. The van der Waals surface area contributed by atoms with Gasteiger partial charge in [0.2, 0.25) is 11.1 Å². The van der Waals surface area contributed by atoms with Gasteiger partial charge in [-0.05, 0) is 6.07 Å². The second kappa shape index (κ2) is 6.92. The standard InChI is InChI=1S/C8H9N2O2.CHF3O3S/c1-11-6-3-4-7(10-9)8(5-6)12-2;2-1(3,4)8(5,6)7/h3-5H,1-2H3;(H,5,6,7)/q+1;/p-1. The number of diazo groups is 1. The van der Waals surface area contributed by atoms with E-state index in [0.717, 1.165) is 0 Å². The lowest BCUT2D eigenvalue weighted by Gasteiger charge is -2.08. The van der Waals surface area contributed by atoms with Crippen LogP contribution in [0.5, 0.6) is 11.5 Å². The van der Waals surface area contributed by atoms with Gasteiger partial charge in [0.25, 0.3) is 0 Å². The second-order valence-electron chi connectivity index (χ2n) is 3.04. The van der Waals surface area contributed by atoms with Gasteiger partial charge in [0, 0.05) is 12.1 Å². The fourth-order valence-electron chi connectivity index (χ4n) is 0.868. The van der Waals surface area contributed by atoms with Gasteiger partial charge in [0.15, 0.2) is 15.1 Å². The predicted molar refractivity (Wildman–Crippen MR) is 60.0 cm³/mol. The van der Waals surface area contributed by atoms with Crippen LogP contribution in [-0.2, 0) is 10.1 Å². The molecule has 1 rings (SSSR count). The van der Waals surface area contributed by atoms with Gasteiger partial charge in [-0.3, -0.25) is 0 Å². The molecule has 11 heteroatoms. The number of hydrogen-bond donors (Lipinski definition) is 0. The number of methoxy groups -OCH3 is 2. The van der Waals surface area contributed by atoms with Crippen LogP contribution in [0.15, 0.2) is 18.2 Å². The van der Waals surface area contributed by atoms with Crippen molar-refractivity contribution in [3.05, 3.63) is 23.2 Å². The molecule has 0 bridgehead atoms. The number of alkyl halides is 3. The van der Waals surface area contributed by atoms with Gasteiger partial charge in [-0.2, -0.15) is 13.2 Å². The fraction of sp³-hybridized carbons (Fsp3) is 0.333. The number of nitrogens with zero attached hydrogens (tertiary/aromatic N) is 2. The summed E-state index contributed by atoms with van der Waals surface area (Å²) in [5.74, 6) is 1.15. The quantitative estimate of drug-likeness (QED) is 0.471. The average molecular weight is 314 g/mol. The minimum absolute atomic E-state index is 0.387. The summed E-state index contributed by atoms with van der Waals surface area (Å²) in [6.07, 6.45) is 0. The molecule has 0 unspecified atom stereocenters. The number of hydrogen-bond acceptors (Lipinski definition) is 6. The maximum Gasteiger partial charge on any atom is 0.485 e. The zero-order valence-corrected chi connectivity index (χ0v) is 11.0. The molecule has 0 radical (unpaired) electrons. The van der Waals surface area contributed by atoms with Crippen molar-refractivity contribution in [2.75, 3.05) is 14.2 Å². The summed E-state index contributed by atoms with van der Waals surface area (Å²) >= 11 is 0. The Labute approximate surface area is 112 Å². The number of rotatable bonds is 2. The third-order valence-corrected chi connectivity index (χ3v) is 2.35. The molecule has 1 aromatic carbocycles. The highest BCUT2D eigenvalue weighted by Crippen LogP contribution is 2.30. The molecule has 112 valence electrons. The third-order valence-electron chi connectivity index (χ3n) is 1.78. The predicted octanol–water partition coefficient (Wildman–Crippen LogP) is 2.24. The molecular formula is C9H9F3N2O5S. The lowest BCUT2D eigenvalue weighted by Crippen LogP contribution is -2.21. The van der Waals surface area contributed by atoms with Gasteiger partial charge in [-0.15, -0.1) is 0 Å². The molecule has 0 N–H and O–H groups in total. The Bertz CT molecular complexity index is 595. The maximum absolute atomic E-state index is 10.7. The SMILES string of the molecule is COc1ccc([N+]#N)c(OC)c1.O=S(=O)([O-])C(F)(F)F. The van der Waals surface area contributed by atoms with Gasteiger partial charge >= 0.3 is 11.2 Å². The monoisotopic (exact) mass is 314 g/mol.